The first-order valence-electron chi connectivity index (χ1n) is 6.65. The molecule has 2 heterocycles. The Balaban J connectivity index is 1.86. The van der Waals surface area contributed by atoms with Crippen molar-refractivity contribution in [2.45, 2.75) is 25.5 Å². The number of fused-ring (bicyclic) bond motifs is 1. The predicted octanol–water partition coefficient (Wildman–Crippen LogP) is 2.18. The Labute approximate surface area is 117 Å². The summed E-state index contributed by atoms with van der Waals surface area (Å²) in [7, 11) is 2.03. The maximum Gasteiger partial charge on any atom is 0.123 e. The summed E-state index contributed by atoms with van der Waals surface area (Å²) in [6.45, 7) is 2.55. The molecule has 0 radical (unpaired) electrons. The fourth-order valence-corrected chi connectivity index (χ4v) is 2.91. The third-order valence-electron chi connectivity index (χ3n) is 3.78. The van der Waals surface area contributed by atoms with E-state index in [0.717, 1.165) is 49.3 Å². The van der Waals surface area contributed by atoms with Crippen LogP contribution in [0.2, 0.25) is 5.02 Å². The second kappa shape index (κ2) is 5.12. The lowest BCUT2D eigenvalue weighted by atomic mass is 10.1. The molecule has 1 unspecified atom stereocenters. The SMILES string of the molecule is Cn1c(CN2CCCC(O)C2)nc2cc(Cl)ccc21. The smallest absolute Gasteiger partial charge is 0.123 e. The molecule has 1 aliphatic rings. The molecule has 5 heteroatoms. The lowest BCUT2D eigenvalue weighted by Gasteiger charge is -2.29. The van der Waals surface area contributed by atoms with Gasteiger partial charge in [-0.3, -0.25) is 4.90 Å². The van der Waals surface area contributed by atoms with Crippen LogP contribution in [0.15, 0.2) is 18.2 Å². The van der Waals surface area contributed by atoms with Gasteiger partial charge in [-0.05, 0) is 37.6 Å². The molecular formula is C14H18ClN3O. The molecule has 4 nitrogen and oxygen atoms in total. The van der Waals surface area contributed by atoms with E-state index >= 15 is 0 Å². The van der Waals surface area contributed by atoms with Crippen molar-refractivity contribution in [2.24, 2.45) is 7.05 Å². The van der Waals surface area contributed by atoms with E-state index in [1.54, 1.807) is 0 Å². The van der Waals surface area contributed by atoms with E-state index in [9.17, 15) is 5.11 Å². The van der Waals surface area contributed by atoms with Crippen LogP contribution in [0.4, 0.5) is 0 Å². The van der Waals surface area contributed by atoms with E-state index in [0.29, 0.717) is 5.02 Å². The van der Waals surface area contributed by atoms with E-state index in [4.69, 9.17) is 11.6 Å². The van der Waals surface area contributed by atoms with Crippen LogP contribution >= 0.6 is 11.6 Å². The first-order valence-corrected chi connectivity index (χ1v) is 7.02. The minimum Gasteiger partial charge on any atom is -0.392 e. The van der Waals surface area contributed by atoms with E-state index in [1.165, 1.54) is 0 Å². The van der Waals surface area contributed by atoms with Gasteiger partial charge >= 0.3 is 0 Å². The Morgan fingerprint density at radius 3 is 3.11 bits per heavy atom. The lowest BCUT2D eigenvalue weighted by Crippen LogP contribution is -2.38. The number of β-amino-alcohol motifs (C(OH)–C–C–N with tert-alkyl or cyclic N) is 1. The first-order chi connectivity index (χ1) is 9.13. The average Bonchev–Trinajstić information content (AvgIpc) is 2.66. The Bertz CT molecular complexity index is 596. The molecule has 0 saturated carbocycles. The number of hydrogen-bond donors (Lipinski definition) is 1. The molecule has 0 bridgehead atoms. The molecule has 3 rings (SSSR count). The first kappa shape index (κ1) is 12.9. The zero-order valence-electron chi connectivity index (χ0n) is 11.0. The lowest BCUT2D eigenvalue weighted by molar-refractivity contribution is 0.0651. The van der Waals surface area contributed by atoms with Crippen LogP contribution < -0.4 is 0 Å². The third-order valence-corrected chi connectivity index (χ3v) is 4.02. The fraction of sp³-hybridized carbons (Fsp3) is 0.500. The maximum absolute atomic E-state index is 9.72. The summed E-state index contributed by atoms with van der Waals surface area (Å²) in [5, 5.41) is 10.4. The van der Waals surface area contributed by atoms with Crippen molar-refractivity contribution < 1.29 is 5.11 Å². The molecule has 1 fully saturated rings. The molecule has 19 heavy (non-hydrogen) atoms. The number of imidazole rings is 1. The molecule has 0 amide bonds. The predicted molar refractivity (Wildman–Crippen MR) is 76.2 cm³/mol. The number of benzene rings is 1. The molecule has 1 N–H and O–H groups in total. The van der Waals surface area contributed by atoms with Crippen molar-refractivity contribution in [3.63, 3.8) is 0 Å². The van der Waals surface area contributed by atoms with Gasteiger partial charge in [0, 0.05) is 18.6 Å². The number of hydrogen-bond acceptors (Lipinski definition) is 3. The second-order valence-corrected chi connectivity index (χ2v) is 5.69. The largest absolute Gasteiger partial charge is 0.392 e. The normalized spacial score (nSPS) is 21.1. The number of aliphatic hydroxyl groups is 1. The van der Waals surface area contributed by atoms with Crippen LogP contribution in [-0.4, -0.2) is 38.8 Å². The Hall–Kier alpha value is -1.10. The van der Waals surface area contributed by atoms with Crippen molar-refractivity contribution in [2.75, 3.05) is 13.1 Å². The summed E-state index contributed by atoms with van der Waals surface area (Å²) in [6.07, 6.45) is 1.77. The Morgan fingerprint density at radius 1 is 1.47 bits per heavy atom. The summed E-state index contributed by atoms with van der Waals surface area (Å²) < 4.78 is 2.10. The molecule has 1 aromatic heterocycles. The van der Waals surface area contributed by atoms with Crippen molar-refractivity contribution in [3.8, 4) is 0 Å². The highest BCUT2D eigenvalue weighted by atomic mass is 35.5. The zero-order chi connectivity index (χ0) is 13.4. The van der Waals surface area contributed by atoms with Gasteiger partial charge in [-0.2, -0.15) is 0 Å². The van der Waals surface area contributed by atoms with Crippen LogP contribution in [-0.2, 0) is 13.6 Å². The molecule has 1 aromatic carbocycles. The highest BCUT2D eigenvalue weighted by Gasteiger charge is 2.19. The number of aliphatic hydroxyl groups excluding tert-OH is 1. The average molecular weight is 280 g/mol. The quantitative estimate of drug-likeness (QED) is 0.916. The van der Waals surface area contributed by atoms with E-state index in [-0.39, 0.29) is 6.10 Å². The minimum absolute atomic E-state index is 0.196. The molecular weight excluding hydrogens is 262 g/mol. The molecule has 102 valence electrons. The van der Waals surface area contributed by atoms with Gasteiger partial charge in [0.15, 0.2) is 0 Å². The standard InChI is InChI=1S/C14H18ClN3O/c1-17-13-5-4-10(15)7-12(13)16-14(17)9-18-6-2-3-11(19)8-18/h4-5,7,11,19H,2-3,6,8-9H2,1H3. The van der Waals surface area contributed by atoms with Gasteiger partial charge in [-0.15, -0.1) is 0 Å². The highest BCUT2D eigenvalue weighted by molar-refractivity contribution is 6.31. The summed E-state index contributed by atoms with van der Waals surface area (Å²) in [4.78, 5) is 6.91. The van der Waals surface area contributed by atoms with Crippen molar-refractivity contribution in [3.05, 3.63) is 29.0 Å². The number of aryl methyl sites for hydroxylation is 1. The molecule has 1 saturated heterocycles. The second-order valence-electron chi connectivity index (χ2n) is 5.25. The molecule has 1 aliphatic heterocycles. The molecule has 1 atom stereocenters. The highest BCUT2D eigenvalue weighted by Crippen LogP contribution is 2.21. The summed E-state index contributed by atoms with van der Waals surface area (Å²) >= 11 is 6.00. The number of rotatable bonds is 2. The zero-order valence-corrected chi connectivity index (χ0v) is 11.8. The van der Waals surface area contributed by atoms with Gasteiger partial charge in [-0.1, -0.05) is 11.6 Å². The van der Waals surface area contributed by atoms with Crippen LogP contribution in [0.1, 0.15) is 18.7 Å². The molecule has 2 aromatic rings. The third kappa shape index (κ3) is 2.61. The van der Waals surface area contributed by atoms with Crippen LogP contribution in [0.25, 0.3) is 11.0 Å². The van der Waals surface area contributed by atoms with Gasteiger partial charge in [0.25, 0.3) is 0 Å². The van der Waals surface area contributed by atoms with E-state index in [1.807, 2.05) is 25.2 Å². The fourth-order valence-electron chi connectivity index (χ4n) is 2.74. The van der Waals surface area contributed by atoms with Crippen LogP contribution in [0, 0.1) is 0 Å². The molecule has 0 spiro atoms. The summed E-state index contributed by atoms with van der Waals surface area (Å²) in [5.41, 5.74) is 2.03. The van der Waals surface area contributed by atoms with E-state index in [2.05, 4.69) is 14.5 Å². The Kier molecular flexibility index (Phi) is 3.48. The maximum atomic E-state index is 9.72. The van der Waals surface area contributed by atoms with Gasteiger partial charge < -0.3 is 9.67 Å². The summed E-state index contributed by atoms with van der Waals surface area (Å²) in [6, 6.07) is 5.78. The van der Waals surface area contributed by atoms with Gasteiger partial charge in [0.05, 0.1) is 23.7 Å². The number of nitrogens with zero attached hydrogens (tertiary/aromatic N) is 3. The van der Waals surface area contributed by atoms with Crippen molar-refractivity contribution >= 4 is 22.6 Å². The van der Waals surface area contributed by atoms with Gasteiger partial charge in [-0.25, -0.2) is 4.98 Å². The van der Waals surface area contributed by atoms with Crippen LogP contribution in [0.3, 0.4) is 0 Å². The van der Waals surface area contributed by atoms with E-state index < -0.39 is 0 Å². The topological polar surface area (TPSA) is 41.3 Å². The monoisotopic (exact) mass is 279 g/mol. The van der Waals surface area contributed by atoms with Gasteiger partial charge in [0.1, 0.15) is 5.82 Å². The van der Waals surface area contributed by atoms with Crippen molar-refractivity contribution in [1.29, 1.82) is 0 Å². The summed E-state index contributed by atoms with van der Waals surface area (Å²) in [5.74, 6) is 1.02. The van der Waals surface area contributed by atoms with Gasteiger partial charge in [0.2, 0.25) is 0 Å². The molecule has 0 aliphatic carbocycles. The van der Waals surface area contributed by atoms with Crippen molar-refractivity contribution in [1.82, 2.24) is 14.5 Å². The number of likely N-dealkylation sites (tertiary alicyclic amines) is 1. The number of piperidine rings is 1. The number of halogens is 1. The minimum atomic E-state index is -0.196. The number of aromatic nitrogens is 2. The van der Waals surface area contributed by atoms with Crippen LogP contribution in [0.5, 0.6) is 0 Å². The Morgan fingerprint density at radius 2 is 2.32 bits per heavy atom.